The Kier molecular flexibility index (Phi) is 1.96. The zero-order chi connectivity index (χ0) is 10.5. The van der Waals surface area contributed by atoms with E-state index < -0.39 is 0 Å². The SMILES string of the molecule is CC1=CC(=O)N(C(C)C2OC2C)C1=O. The number of ether oxygens (including phenoxy) is 1. The van der Waals surface area contributed by atoms with Crippen molar-refractivity contribution >= 4 is 11.8 Å². The molecule has 2 heterocycles. The molecule has 0 aromatic rings. The van der Waals surface area contributed by atoms with Crippen LogP contribution in [0.2, 0.25) is 0 Å². The van der Waals surface area contributed by atoms with Crippen LogP contribution in [0.1, 0.15) is 20.8 Å². The van der Waals surface area contributed by atoms with Crippen LogP contribution in [0.15, 0.2) is 11.6 Å². The van der Waals surface area contributed by atoms with Gasteiger partial charge in [-0.05, 0) is 20.8 Å². The van der Waals surface area contributed by atoms with Gasteiger partial charge in [0.25, 0.3) is 11.8 Å². The van der Waals surface area contributed by atoms with E-state index in [2.05, 4.69) is 0 Å². The number of rotatable bonds is 2. The minimum Gasteiger partial charge on any atom is -0.368 e. The molecule has 0 bridgehead atoms. The summed E-state index contributed by atoms with van der Waals surface area (Å²) in [6, 6.07) is -0.154. The van der Waals surface area contributed by atoms with Crippen molar-refractivity contribution in [2.75, 3.05) is 0 Å². The van der Waals surface area contributed by atoms with E-state index in [1.54, 1.807) is 6.92 Å². The second-order valence-corrected chi connectivity index (χ2v) is 3.89. The fraction of sp³-hybridized carbons (Fsp3) is 0.600. The maximum absolute atomic E-state index is 11.6. The normalized spacial score (nSPS) is 33.4. The summed E-state index contributed by atoms with van der Waals surface area (Å²) >= 11 is 0. The first-order chi connectivity index (χ1) is 6.52. The van der Waals surface area contributed by atoms with Crippen molar-refractivity contribution in [1.29, 1.82) is 0 Å². The molecule has 0 N–H and O–H groups in total. The molecule has 0 saturated carbocycles. The Hall–Kier alpha value is -1.16. The van der Waals surface area contributed by atoms with Gasteiger partial charge < -0.3 is 4.74 Å². The van der Waals surface area contributed by atoms with Crippen LogP contribution in [0, 0.1) is 0 Å². The second-order valence-electron chi connectivity index (χ2n) is 3.89. The first-order valence-corrected chi connectivity index (χ1v) is 4.73. The Balaban J connectivity index is 2.13. The predicted octanol–water partition coefficient (Wildman–Crippen LogP) is 0.477. The van der Waals surface area contributed by atoms with Crippen molar-refractivity contribution in [1.82, 2.24) is 4.90 Å². The molecule has 0 aliphatic carbocycles. The Labute approximate surface area is 82.5 Å². The molecular weight excluding hydrogens is 182 g/mol. The van der Waals surface area contributed by atoms with Gasteiger partial charge in [0, 0.05) is 11.6 Å². The lowest BCUT2D eigenvalue weighted by Crippen LogP contribution is -2.42. The highest BCUT2D eigenvalue weighted by molar-refractivity contribution is 6.16. The van der Waals surface area contributed by atoms with Gasteiger partial charge in [-0.1, -0.05) is 0 Å². The summed E-state index contributed by atoms with van der Waals surface area (Å²) in [5, 5.41) is 0. The van der Waals surface area contributed by atoms with Gasteiger partial charge >= 0.3 is 0 Å². The predicted molar refractivity (Wildman–Crippen MR) is 49.4 cm³/mol. The molecule has 1 fully saturated rings. The minimum absolute atomic E-state index is 0.0159. The maximum atomic E-state index is 11.6. The largest absolute Gasteiger partial charge is 0.368 e. The van der Waals surface area contributed by atoms with Crippen molar-refractivity contribution in [3.63, 3.8) is 0 Å². The Morgan fingerprint density at radius 1 is 1.50 bits per heavy atom. The van der Waals surface area contributed by atoms with Gasteiger partial charge in [-0.15, -0.1) is 0 Å². The van der Waals surface area contributed by atoms with E-state index in [1.807, 2.05) is 13.8 Å². The van der Waals surface area contributed by atoms with E-state index in [-0.39, 0.29) is 30.1 Å². The average molecular weight is 195 g/mol. The zero-order valence-electron chi connectivity index (χ0n) is 8.48. The molecule has 0 aromatic heterocycles. The number of hydrogen-bond acceptors (Lipinski definition) is 3. The van der Waals surface area contributed by atoms with Crippen LogP contribution in [0.25, 0.3) is 0 Å². The molecule has 2 rings (SSSR count). The topological polar surface area (TPSA) is 49.9 Å². The van der Waals surface area contributed by atoms with Gasteiger partial charge in [0.1, 0.15) is 6.10 Å². The van der Waals surface area contributed by atoms with E-state index in [1.165, 1.54) is 11.0 Å². The Morgan fingerprint density at radius 3 is 2.43 bits per heavy atom. The average Bonchev–Trinajstić information content (AvgIpc) is 2.76. The summed E-state index contributed by atoms with van der Waals surface area (Å²) in [4.78, 5) is 24.3. The van der Waals surface area contributed by atoms with Gasteiger partial charge in [-0.3, -0.25) is 14.5 Å². The summed E-state index contributed by atoms with van der Waals surface area (Å²) in [6.07, 6.45) is 1.56. The third-order valence-electron chi connectivity index (χ3n) is 2.77. The van der Waals surface area contributed by atoms with E-state index in [0.29, 0.717) is 5.57 Å². The number of nitrogens with zero attached hydrogens (tertiary/aromatic N) is 1. The highest BCUT2D eigenvalue weighted by atomic mass is 16.6. The first-order valence-electron chi connectivity index (χ1n) is 4.73. The van der Waals surface area contributed by atoms with Crippen LogP contribution in [0.5, 0.6) is 0 Å². The number of amides is 2. The third-order valence-corrected chi connectivity index (χ3v) is 2.77. The first kappa shape index (κ1) is 9.40. The molecule has 3 unspecified atom stereocenters. The van der Waals surface area contributed by atoms with Crippen LogP contribution in [-0.4, -0.2) is 35.0 Å². The lowest BCUT2D eigenvalue weighted by atomic mass is 10.1. The van der Waals surface area contributed by atoms with Gasteiger partial charge in [-0.2, -0.15) is 0 Å². The van der Waals surface area contributed by atoms with Crippen LogP contribution in [-0.2, 0) is 14.3 Å². The van der Waals surface area contributed by atoms with Crippen LogP contribution in [0.3, 0.4) is 0 Å². The van der Waals surface area contributed by atoms with Crippen molar-refractivity contribution < 1.29 is 14.3 Å². The number of imide groups is 1. The van der Waals surface area contributed by atoms with Crippen LogP contribution < -0.4 is 0 Å². The third kappa shape index (κ3) is 1.26. The standard InChI is InChI=1S/C10H13NO3/c1-5-4-8(12)11(10(5)13)6(2)9-7(3)14-9/h4,6-7,9H,1-3H3. The highest BCUT2D eigenvalue weighted by Crippen LogP contribution is 2.30. The monoisotopic (exact) mass is 195 g/mol. The molecule has 4 nitrogen and oxygen atoms in total. The van der Waals surface area contributed by atoms with E-state index in [4.69, 9.17) is 4.74 Å². The van der Waals surface area contributed by atoms with E-state index in [0.717, 1.165) is 0 Å². The maximum Gasteiger partial charge on any atom is 0.256 e. The lowest BCUT2D eigenvalue weighted by Gasteiger charge is -2.21. The molecule has 2 aliphatic heterocycles. The van der Waals surface area contributed by atoms with Gasteiger partial charge in [0.2, 0.25) is 0 Å². The van der Waals surface area contributed by atoms with E-state index in [9.17, 15) is 9.59 Å². The van der Waals surface area contributed by atoms with Gasteiger partial charge in [-0.25, -0.2) is 0 Å². The van der Waals surface area contributed by atoms with Crippen LogP contribution in [0.4, 0.5) is 0 Å². The molecule has 76 valence electrons. The number of carbonyl (C=O) groups is 2. The molecule has 3 atom stereocenters. The summed E-state index contributed by atoms with van der Waals surface area (Å²) in [7, 11) is 0. The molecule has 0 spiro atoms. The molecule has 2 amide bonds. The summed E-state index contributed by atoms with van der Waals surface area (Å²) in [6.45, 7) is 5.44. The number of hydrogen-bond donors (Lipinski definition) is 0. The molecule has 0 aromatic carbocycles. The summed E-state index contributed by atoms with van der Waals surface area (Å²) in [5.41, 5.74) is 0.509. The molecule has 2 aliphatic rings. The Bertz CT molecular complexity index is 334. The van der Waals surface area contributed by atoms with Crippen molar-refractivity contribution in [3.8, 4) is 0 Å². The summed E-state index contributed by atoms with van der Waals surface area (Å²) in [5.74, 6) is -0.409. The molecule has 4 heteroatoms. The van der Waals surface area contributed by atoms with Gasteiger partial charge in [0.05, 0.1) is 12.1 Å². The molecule has 0 radical (unpaired) electrons. The van der Waals surface area contributed by atoms with Gasteiger partial charge in [0.15, 0.2) is 0 Å². The van der Waals surface area contributed by atoms with E-state index >= 15 is 0 Å². The second kappa shape index (κ2) is 2.92. The molecule has 1 saturated heterocycles. The smallest absolute Gasteiger partial charge is 0.256 e. The quantitative estimate of drug-likeness (QED) is 0.475. The van der Waals surface area contributed by atoms with Crippen molar-refractivity contribution in [3.05, 3.63) is 11.6 Å². The summed E-state index contributed by atoms with van der Waals surface area (Å²) < 4.78 is 5.25. The lowest BCUT2D eigenvalue weighted by molar-refractivity contribution is -0.139. The highest BCUT2D eigenvalue weighted by Gasteiger charge is 2.46. The fourth-order valence-electron chi connectivity index (χ4n) is 1.85. The molecular formula is C10H13NO3. The van der Waals surface area contributed by atoms with Crippen molar-refractivity contribution in [2.45, 2.75) is 39.0 Å². The fourth-order valence-corrected chi connectivity index (χ4v) is 1.85. The van der Waals surface area contributed by atoms with Crippen molar-refractivity contribution in [2.24, 2.45) is 0 Å². The van der Waals surface area contributed by atoms with Crippen LogP contribution >= 0.6 is 0 Å². The molecule has 14 heavy (non-hydrogen) atoms. The zero-order valence-corrected chi connectivity index (χ0v) is 8.48. The number of carbonyl (C=O) groups excluding carboxylic acids is 2. The Morgan fingerprint density at radius 2 is 2.07 bits per heavy atom. The number of epoxide rings is 1. The minimum atomic E-state index is -0.220.